The van der Waals surface area contributed by atoms with E-state index in [-0.39, 0.29) is 5.54 Å². The molecule has 1 rings (SSSR count). The van der Waals surface area contributed by atoms with Crippen LogP contribution in [0.15, 0.2) is 0 Å². The minimum absolute atomic E-state index is 0.256. The third kappa shape index (κ3) is 4.40. The molecule has 1 aliphatic heterocycles. The number of rotatable bonds is 5. The van der Waals surface area contributed by atoms with Crippen molar-refractivity contribution in [2.45, 2.75) is 58.7 Å². The lowest BCUT2D eigenvalue weighted by molar-refractivity contribution is -0.0318. The second kappa shape index (κ2) is 5.99. The lowest BCUT2D eigenvalue weighted by Gasteiger charge is -2.37. The van der Waals surface area contributed by atoms with Gasteiger partial charge in [0.25, 0.3) is 0 Å². The molecular weight excluding hydrogens is 200 g/mol. The lowest BCUT2D eigenvalue weighted by atomic mass is 10.0. The molecule has 1 fully saturated rings. The van der Waals surface area contributed by atoms with Crippen molar-refractivity contribution < 1.29 is 4.74 Å². The van der Waals surface area contributed by atoms with Gasteiger partial charge < -0.3 is 10.1 Å². The second-order valence-corrected chi connectivity index (χ2v) is 5.64. The maximum atomic E-state index is 5.56. The molecular formula is C13H28N2O. The molecule has 0 aromatic rings. The van der Waals surface area contributed by atoms with Crippen molar-refractivity contribution in [1.82, 2.24) is 10.2 Å². The molecule has 2 unspecified atom stereocenters. The van der Waals surface area contributed by atoms with Gasteiger partial charge >= 0.3 is 0 Å². The Hall–Kier alpha value is -0.120. The van der Waals surface area contributed by atoms with E-state index in [2.05, 4.69) is 44.8 Å². The lowest BCUT2D eigenvalue weighted by Crippen LogP contribution is -2.52. The van der Waals surface area contributed by atoms with Crippen LogP contribution in [0.3, 0.4) is 0 Å². The molecule has 0 aromatic carbocycles. The van der Waals surface area contributed by atoms with Crippen molar-refractivity contribution in [3.63, 3.8) is 0 Å². The van der Waals surface area contributed by atoms with E-state index in [1.165, 1.54) is 6.42 Å². The normalized spacial score (nSPS) is 25.7. The van der Waals surface area contributed by atoms with Gasteiger partial charge in [0.05, 0.1) is 12.7 Å². The van der Waals surface area contributed by atoms with Crippen molar-refractivity contribution in [1.29, 1.82) is 0 Å². The molecule has 2 atom stereocenters. The Morgan fingerprint density at radius 1 is 1.50 bits per heavy atom. The Bertz CT molecular complexity index is 206. The molecule has 96 valence electrons. The zero-order chi connectivity index (χ0) is 12.2. The predicted molar refractivity (Wildman–Crippen MR) is 68.8 cm³/mol. The minimum atomic E-state index is 0.256. The number of ether oxygens (including phenoxy) is 1. The standard InChI is InChI=1S/C13H28N2O/c1-6-13(4,5)14-9-11(2)15-7-8-16-12(3)10-15/h11-12,14H,6-10H2,1-5H3. The summed E-state index contributed by atoms with van der Waals surface area (Å²) in [6.45, 7) is 15.3. The largest absolute Gasteiger partial charge is 0.376 e. The molecule has 16 heavy (non-hydrogen) atoms. The summed E-state index contributed by atoms with van der Waals surface area (Å²) >= 11 is 0. The summed E-state index contributed by atoms with van der Waals surface area (Å²) in [5, 5.41) is 3.64. The van der Waals surface area contributed by atoms with Crippen LogP contribution in [0.25, 0.3) is 0 Å². The highest BCUT2D eigenvalue weighted by Crippen LogP contribution is 2.11. The highest BCUT2D eigenvalue weighted by Gasteiger charge is 2.23. The summed E-state index contributed by atoms with van der Waals surface area (Å²) in [7, 11) is 0. The summed E-state index contributed by atoms with van der Waals surface area (Å²) in [4.78, 5) is 2.52. The van der Waals surface area contributed by atoms with E-state index >= 15 is 0 Å². The molecule has 1 heterocycles. The minimum Gasteiger partial charge on any atom is -0.376 e. The molecule has 0 amide bonds. The van der Waals surface area contributed by atoms with E-state index in [0.29, 0.717) is 12.1 Å². The number of hydrogen-bond acceptors (Lipinski definition) is 3. The molecule has 0 saturated carbocycles. The summed E-state index contributed by atoms with van der Waals surface area (Å²) in [6.07, 6.45) is 1.55. The molecule has 0 bridgehead atoms. The zero-order valence-corrected chi connectivity index (χ0v) is 11.5. The fraction of sp³-hybridized carbons (Fsp3) is 1.00. The molecule has 3 heteroatoms. The van der Waals surface area contributed by atoms with Crippen molar-refractivity contribution >= 4 is 0 Å². The Balaban J connectivity index is 2.31. The van der Waals surface area contributed by atoms with E-state index in [9.17, 15) is 0 Å². The van der Waals surface area contributed by atoms with Gasteiger partial charge in [-0.3, -0.25) is 4.90 Å². The van der Waals surface area contributed by atoms with Crippen molar-refractivity contribution in [3.8, 4) is 0 Å². The van der Waals surface area contributed by atoms with Crippen LogP contribution in [-0.2, 0) is 4.74 Å². The Morgan fingerprint density at radius 3 is 2.75 bits per heavy atom. The predicted octanol–water partition coefficient (Wildman–Crippen LogP) is 1.87. The number of nitrogens with zero attached hydrogens (tertiary/aromatic N) is 1. The van der Waals surface area contributed by atoms with Crippen molar-refractivity contribution in [2.24, 2.45) is 0 Å². The molecule has 1 N–H and O–H groups in total. The summed E-state index contributed by atoms with van der Waals surface area (Å²) in [5.41, 5.74) is 0.256. The number of nitrogens with one attached hydrogen (secondary N) is 1. The van der Waals surface area contributed by atoms with Gasteiger partial charge in [0.1, 0.15) is 0 Å². The molecule has 0 aliphatic carbocycles. The SMILES string of the molecule is CCC(C)(C)NCC(C)N1CCOC(C)C1. The Morgan fingerprint density at radius 2 is 2.19 bits per heavy atom. The monoisotopic (exact) mass is 228 g/mol. The zero-order valence-electron chi connectivity index (χ0n) is 11.5. The first-order chi connectivity index (χ1) is 7.44. The molecule has 0 spiro atoms. The van der Waals surface area contributed by atoms with Crippen LogP contribution in [0.1, 0.15) is 41.0 Å². The average molecular weight is 228 g/mol. The highest BCUT2D eigenvalue weighted by atomic mass is 16.5. The third-order valence-electron chi connectivity index (χ3n) is 3.66. The van der Waals surface area contributed by atoms with Crippen LogP contribution in [0, 0.1) is 0 Å². The van der Waals surface area contributed by atoms with Gasteiger partial charge in [0.15, 0.2) is 0 Å². The van der Waals surface area contributed by atoms with Crippen molar-refractivity contribution in [3.05, 3.63) is 0 Å². The Labute approximate surface area is 101 Å². The second-order valence-electron chi connectivity index (χ2n) is 5.64. The first kappa shape index (κ1) is 13.9. The van der Waals surface area contributed by atoms with E-state index in [1.807, 2.05) is 0 Å². The fourth-order valence-corrected chi connectivity index (χ4v) is 1.92. The van der Waals surface area contributed by atoms with Crippen molar-refractivity contribution in [2.75, 3.05) is 26.2 Å². The highest BCUT2D eigenvalue weighted by molar-refractivity contribution is 4.81. The fourth-order valence-electron chi connectivity index (χ4n) is 1.92. The Kier molecular flexibility index (Phi) is 5.22. The van der Waals surface area contributed by atoms with E-state index in [0.717, 1.165) is 26.2 Å². The van der Waals surface area contributed by atoms with E-state index in [4.69, 9.17) is 4.74 Å². The molecule has 0 aromatic heterocycles. The van der Waals surface area contributed by atoms with Gasteiger partial charge in [-0.15, -0.1) is 0 Å². The van der Waals surface area contributed by atoms with Crippen LogP contribution in [0.2, 0.25) is 0 Å². The van der Waals surface area contributed by atoms with Crippen LogP contribution < -0.4 is 5.32 Å². The molecule has 1 saturated heterocycles. The number of hydrogen-bond donors (Lipinski definition) is 1. The average Bonchev–Trinajstić information content (AvgIpc) is 2.26. The van der Waals surface area contributed by atoms with Crippen LogP contribution in [-0.4, -0.2) is 48.8 Å². The van der Waals surface area contributed by atoms with Crippen LogP contribution in [0.4, 0.5) is 0 Å². The molecule has 0 radical (unpaired) electrons. The van der Waals surface area contributed by atoms with Crippen LogP contribution >= 0.6 is 0 Å². The van der Waals surface area contributed by atoms with Gasteiger partial charge in [0, 0.05) is 31.2 Å². The number of morpholine rings is 1. The summed E-state index contributed by atoms with van der Waals surface area (Å²) in [5.74, 6) is 0. The first-order valence-electron chi connectivity index (χ1n) is 6.55. The smallest absolute Gasteiger partial charge is 0.0674 e. The van der Waals surface area contributed by atoms with Gasteiger partial charge in [-0.05, 0) is 34.1 Å². The summed E-state index contributed by atoms with van der Waals surface area (Å²) < 4.78 is 5.56. The van der Waals surface area contributed by atoms with Gasteiger partial charge in [-0.25, -0.2) is 0 Å². The van der Waals surface area contributed by atoms with Gasteiger partial charge in [-0.2, -0.15) is 0 Å². The molecule has 3 nitrogen and oxygen atoms in total. The maximum Gasteiger partial charge on any atom is 0.0674 e. The van der Waals surface area contributed by atoms with Crippen LogP contribution in [0.5, 0.6) is 0 Å². The van der Waals surface area contributed by atoms with Gasteiger partial charge in [-0.1, -0.05) is 6.92 Å². The quantitative estimate of drug-likeness (QED) is 0.777. The third-order valence-corrected chi connectivity index (χ3v) is 3.66. The topological polar surface area (TPSA) is 24.5 Å². The molecule has 1 aliphatic rings. The van der Waals surface area contributed by atoms with Gasteiger partial charge in [0.2, 0.25) is 0 Å². The maximum absolute atomic E-state index is 5.56. The van der Waals surface area contributed by atoms with E-state index < -0.39 is 0 Å². The first-order valence-corrected chi connectivity index (χ1v) is 6.55. The summed E-state index contributed by atoms with van der Waals surface area (Å²) in [6, 6.07) is 0.595. The van der Waals surface area contributed by atoms with E-state index in [1.54, 1.807) is 0 Å².